The Kier molecular flexibility index (Phi) is 4.87. The molecule has 0 aliphatic carbocycles. The van der Waals surface area contributed by atoms with E-state index < -0.39 is 5.72 Å². The molecular formula is C17H22N2O4. The van der Waals surface area contributed by atoms with Crippen molar-refractivity contribution in [3.05, 3.63) is 57.3 Å². The largest absolute Gasteiger partial charge is 0.396 e. The van der Waals surface area contributed by atoms with Gasteiger partial charge < -0.3 is 14.7 Å². The molecule has 0 saturated heterocycles. The molecule has 0 radical (unpaired) electrons. The molecule has 0 spiro atoms. The van der Waals surface area contributed by atoms with Gasteiger partial charge in [0.15, 0.2) is 5.72 Å². The molecule has 23 heavy (non-hydrogen) atoms. The summed E-state index contributed by atoms with van der Waals surface area (Å²) in [5.41, 5.74) is 2.75. The minimum absolute atomic E-state index is 0.0324. The van der Waals surface area contributed by atoms with Gasteiger partial charge in [-0.15, -0.1) is 0 Å². The summed E-state index contributed by atoms with van der Waals surface area (Å²) >= 11 is 0. The van der Waals surface area contributed by atoms with E-state index in [9.17, 15) is 15.2 Å². The van der Waals surface area contributed by atoms with Gasteiger partial charge in [0.1, 0.15) is 0 Å². The van der Waals surface area contributed by atoms with Gasteiger partial charge in [0.2, 0.25) is 0 Å². The SMILES string of the molecule is COC1(C)C(CCO)=CC=CN1c1c(C)cc([N+](=O)[O-])cc1C. The fraction of sp³-hybridized carbons (Fsp3) is 0.412. The molecule has 6 nitrogen and oxygen atoms in total. The maximum atomic E-state index is 11.0. The highest BCUT2D eigenvalue weighted by Crippen LogP contribution is 2.39. The first-order chi connectivity index (χ1) is 10.8. The molecule has 1 aliphatic rings. The van der Waals surface area contributed by atoms with Gasteiger partial charge in [-0.05, 0) is 50.0 Å². The van der Waals surface area contributed by atoms with Gasteiger partial charge in [-0.1, -0.05) is 6.08 Å². The zero-order valence-electron chi connectivity index (χ0n) is 13.9. The predicted molar refractivity (Wildman–Crippen MR) is 89.4 cm³/mol. The summed E-state index contributed by atoms with van der Waals surface area (Å²) < 4.78 is 5.76. The van der Waals surface area contributed by atoms with Crippen molar-refractivity contribution in [1.29, 1.82) is 0 Å². The third-order valence-electron chi connectivity index (χ3n) is 4.29. The van der Waals surface area contributed by atoms with E-state index in [0.29, 0.717) is 6.42 Å². The van der Waals surface area contributed by atoms with Crippen molar-refractivity contribution in [2.75, 3.05) is 18.6 Å². The number of aliphatic hydroxyl groups is 1. The van der Waals surface area contributed by atoms with Crippen molar-refractivity contribution >= 4 is 11.4 Å². The van der Waals surface area contributed by atoms with Crippen molar-refractivity contribution in [3.8, 4) is 0 Å². The molecule has 0 amide bonds. The number of nitro groups is 1. The van der Waals surface area contributed by atoms with Gasteiger partial charge in [-0.25, -0.2) is 0 Å². The summed E-state index contributed by atoms with van der Waals surface area (Å²) in [5, 5.41) is 20.3. The van der Waals surface area contributed by atoms with E-state index in [0.717, 1.165) is 22.4 Å². The number of allylic oxidation sites excluding steroid dienone is 2. The molecule has 1 aliphatic heterocycles. The minimum atomic E-state index is -0.747. The lowest BCUT2D eigenvalue weighted by Crippen LogP contribution is -2.48. The summed E-state index contributed by atoms with van der Waals surface area (Å²) in [6, 6.07) is 3.13. The number of non-ortho nitro benzene ring substituents is 1. The molecule has 1 aromatic rings. The van der Waals surface area contributed by atoms with E-state index in [1.165, 1.54) is 0 Å². The van der Waals surface area contributed by atoms with Gasteiger partial charge in [0.05, 0.1) is 4.92 Å². The Morgan fingerprint density at radius 1 is 1.35 bits per heavy atom. The molecule has 0 aromatic heterocycles. The highest BCUT2D eigenvalue weighted by Gasteiger charge is 2.37. The van der Waals surface area contributed by atoms with E-state index in [2.05, 4.69) is 0 Å². The standard InChI is InChI=1S/C17H22N2O4/c1-12-10-15(19(21)22)11-13(2)16(12)18-8-5-6-14(7-9-20)17(18,3)23-4/h5-6,8,10-11,20H,7,9H2,1-4H3. The van der Waals surface area contributed by atoms with E-state index in [4.69, 9.17) is 4.74 Å². The summed E-state index contributed by atoms with van der Waals surface area (Å²) in [7, 11) is 1.62. The fourth-order valence-corrected chi connectivity index (χ4v) is 3.07. The van der Waals surface area contributed by atoms with Crippen LogP contribution in [0.2, 0.25) is 0 Å². The van der Waals surface area contributed by atoms with Crippen LogP contribution in [0, 0.1) is 24.0 Å². The van der Waals surface area contributed by atoms with Gasteiger partial charge in [-0.2, -0.15) is 0 Å². The van der Waals surface area contributed by atoms with E-state index in [-0.39, 0.29) is 17.2 Å². The van der Waals surface area contributed by atoms with Crippen molar-refractivity contribution in [2.24, 2.45) is 0 Å². The van der Waals surface area contributed by atoms with Crippen LogP contribution in [0.3, 0.4) is 0 Å². The molecule has 0 saturated carbocycles. The first kappa shape index (κ1) is 17.2. The Bertz CT molecular complexity index is 658. The normalized spacial score (nSPS) is 20.6. The number of hydrogen-bond donors (Lipinski definition) is 1. The number of ether oxygens (including phenoxy) is 1. The van der Waals surface area contributed by atoms with Crippen LogP contribution in [0.5, 0.6) is 0 Å². The Morgan fingerprint density at radius 3 is 2.43 bits per heavy atom. The Hall–Kier alpha value is -2.18. The average Bonchev–Trinajstić information content (AvgIpc) is 2.50. The highest BCUT2D eigenvalue weighted by atomic mass is 16.6. The minimum Gasteiger partial charge on any atom is -0.396 e. The molecule has 1 aromatic carbocycles. The Labute approximate surface area is 135 Å². The van der Waals surface area contributed by atoms with Gasteiger partial charge in [0, 0.05) is 37.7 Å². The van der Waals surface area contributed by atoms with Crippen LogP contribution >= 0.6 is 0 Å². The summed E-state index contributed by atoms with van der Waals surface area (Å²) in [6.07, 6.45) is 6.22. The zero-order valence-corrected chi connectivity index (χ0v) is 13.9. The van der Waals surface area contributed by atoms with Crippen LogP contribution in [0.15, 0.2) is 36.1 Å². The number of aliphatic hydroxyl groups excluding tert-OH is 1. The lowest BCUT2D eigenvalue weighted by molar-refractivity contribution is -0.384. The first-order valence-corrected chi connectivity index (χ1v) is 7.44. The van der Waals surface area contributed by atoms with Crippen LogP contribution in [0.4, 0.5) is 11.4 Å². The van der Waals surface area contributed by atoms with Crippen LogP contribution in [-0.4, -0.2) is 29.5 Å². The highest BCUT2D eigenvalue weighted by molar-refractivity contribution is 5.67. The van der Waals surface area contributed by atoms with Gasteiger partial charge >= 0.3 is 0 Å². The molecule has 1 unspecified atom stereocenters. The summed E-state index contributed by atoms with van der Waals surface area (Å²) in [5.74, 6) is 0. The number of aryl methyl sites for hydroxylation is 2. The van der Waals surface area contributed by atoms with Crippen LogP contribution in [0.25, 0.3) is 0 Å². The second-order valence-electron chi connectivity index (χ2n) is 5.75. The zero-order chi connectivity index (χ0) is 17.2. The number of methoxy groups -OCH3 is 1. The van der Waals surface area contributed by atoms with E-state index >= 15 is 0 Å². The van der Waals surface area contributed by atoms with Crippen molar-refractivity contribution in [3.63, 3.8) is 0 Å². The van der Waals surface area contributed by atoms with E-state index in [1.54, 1.807) is 19.2 Å². The number of rotatable bonds is 5. The Balaban J connectivity index is 2.55. The number of nitro benzene ring substituents is 1. The summed E-state index contributed by atoms with van der Waals surface area (Å²) in [6.45, 7) is 5.66. The molecule has 1 atom stereocenters. The second kappa shape index (κ2) is 6.52. The van der Waals surface area contributed by atoms with E-state index in [1.807, 2.05) is 44.0 Å². The van der Waals surface area contributed by atoms with Crippen LogP contribution in [-0.2, 0) is 4.74 Å². The van der Waals surface area contributed by atoms with Gasteiger partial charge in [0.25, 0.3) is 5.69 Å². The molecular weight excluding hydrogens is 296 g/mol. The van der Waals surface area contributed by atoms with Crippen molar-refractivity contribution in [1.82, 2.24) is 0 Å². The number of anilines is 1. The quantitative estimate of drug-likeness (QED) is 0.666. The molecule has 0 fully saturated rings. The average molecular weight is 318 g/mol. The first-order valence-electron chi connectivity index (χ1n) is 7.44. The third kappa shape index (κ3) is 3.00. The molecule has 2 rings (SSSR count). The third-order valence-corrected chi connectivity index (χ3v) is 4.29. The van der Waals surface area contributed by atoms with Crippen molar-refractivity contribution < 1.29 is 14.8 Å². The lowest BCUT2D eigenvalue weighted by Gasteiger charge is -2.44. The maximum Gasteiger partial charge on any atom is 0.270 e. The Morgan fingerprint density at radius 2 is 1.96 bits per heavy atom. The van der Waals surface area contributed by atoms with Crippen LogP contribution < -0.4 is 4.90 Å². The number of hydrogen-bond acceptors (Lipinski definition) is 5. The monoisotopic (exact) mass is 318 g/mol. The lowest BCUT2D eigenvalue weighted by atomic mass is 9.94. The van der Waals surface area contributed by atoms with Crippen molar-refractivity contribution in [2.45, 2.75) is 32.9 Å². The topological polar surface area (TPSA) is 75.8 Å². The molecule has 124 valence electrons. The molecule has 1 N–H and O–H groups in total. The number of benzene rings is 1. The molecule has 1 heterocycles. The fourth-order valence-electron chi connectivity index (χ4n) is 3.07. The predicted octanol–water partition coefficient (Wildman–Crippen LogP) is 3.22. The molecule has 6 heteroatoms. The second-order valence-corrected chi connectivity index (χ2v) is 5.75. The molecule has 0 bridgehead atoms. The number of nitrogens with zero attached hydrogens (tertiary/aromatic N) is 2. The smallest absolute Gasteiger partial charge is 0.270 e. The summed E-state index contributed by atoms with van der Waals surface area (Å²) in [4.78, 5) is 12.6. The van der Waals surface area contributed by atoms with Crippen LogP contribution in [0.1, 0.15) is 24.5 Å². The maximum absolute atomic E-state index is 11.0. The van der Waals surface area contributed by atoms with Gasteiger partial charge in [-0.3, -0.25) is 10.1 Å².